The number of hydrogen-bond acceptors (Lipinski definition) is 4. The minimum absolute atomic E-state index is 0.0241. The van der Waals surface area contributed by atoms with Crippen LogP contribution in [0.15, 0.2) is 48.7 Å². The molecule has 10 heteroatoms. The SMILES string of the molecule is C=C1CN(c2c(O)cc(NC(=O)N3CCc4ccccc4C3)cc2F)S(=O)(=O)N1. The van der Waals surface area contributed by atoms with Crippen LogP contribution in [-0.4, -0.2) is 37.5 Å². The Kier molecular flexibility index (Phi) is 4.58. The number of aromatic hydroxyl groups is 1. The molecule has 4 rings (SSSR count). The van der Waals surface area contributed by atoms with Crippen molar-refractivity contribution in [1.82, 2.24) is 9.62 Å². The number of rotatable bonds is 2. The number of halogens is 1. The first-order valence-corrected chi connectivity index (χ1v) is 10.3. The number of amides is 2. The largest absolute Gasteiger partial charge is 0.506 e. The van der Waals surface area contributed by atoms with Crippen molar-refractivity contribution in [2.45, 2.75) is 13.0 Å². The maximum absolute atomic E-state index is 14.6. The summed E-state index contributed by atoms with van der Waals surface area (Å²) in [7, 11) is -4.03. The van der Waals surface area contributed by atoms with Crippen LogP contribution in [0.25, 0.3) is 0 Å². The van der Waals surface area contributed by atoms with Crippen molar-refractivity contribution < 1.29 is 22.7 Å². The van der Waals surface area contributed by atoms with Gasteiger partial charge in [0.25, 0.3) is 0 Å². The maximum Gasteiger partial charge on any atom is 0.324 e. The molecule has 0 atom stereocenters. The van der Waals surface area contributed by atoms with Crippen LogP contribution in [0.3, 0.4) is 0 Å². The Balaban J connectivity index is 1.53. The lowest BCUT2D eigenvalue weighted by atomic mass is 10.0. The zero-order valence-electron chi connectivity index (χ0n) is 15.4. The molecule has 29 heavy (non-hydrogen) atoms. The number of urea groups is 1. The van der Waals surface area contributed by atoms with Gasteiger partial charge in [-0.3, -0.25) is 4.72 Å². The summed E-state index contributed by atoms with van der Waals surface area (Å²) in [5, 5.41) is 12.8. The van der Waals surface area contributed by atoms with Gasteiger partial charge in [-0.25, -0.2) is 13.5 Å². The summed E-state index contributed by atoms with van der Waals surface area (Å²) in [6, 6.07) is 9.48. The molecule has 0 saturated carbocycles. The molecule has 0 radical (unpaired) electrons. The van der Waals surface area contributed by atoms with Gasteiger partial charge in [-0.2, -0.15) is 8.42 Å². The zero-order valence-corrected chi connectivity index (χ0v) is 16.2. The molecule has 0 spiro atoms. The van der Waals surface area contributed by atoms with E-state index in [1.807, 2.05) is 24.3 Å². The van der Waals surface area contributed by atoms with Crippen molar-refractivity contribution >= 4 is 27.6 Å². The van der Waals surface area contributed by atoms with Gasteiger partial charge >= 0.3 is 16.2 Å². The van der Waals surface area contributed by atoms with E-state index in [1.165, 1.54) is 5.56 Å². The summed E-state index contributed by atoms with van der Waals surface area (Å²) < 4.78 is 41.6. The Bertz CT molecular complexity index is 1100. The van der Waals surface area contributed by atoms with Crippen molar-refractivity contribution in [3.63, 3.8) is 0 Å². The van der Waals surface area contributed by atoms with Crippen molar-refractivity contribution in [3.8, 4) is 5.75 Å². The summed E-state index contributed by atoms with van der Waals surface area (Å²) in [4.78, 5) is 14.2. The first-order chi connectivity index (χ1) is 13.7. The number of nitrogens with one attached hydrogen (secondary N) is 2. The Morgan fingerprint density at radius 3 is 2.59 bits per heavy atom. The second-order valence-corrected chi connectivity index (χ2v) is 8.51. The Labute approximate surface area is 167 Å². The van der Waals surface area contributed by atoms with Crippen LogP contribution >= 0.6 is 0 Å². The van der Waals surface area contributed by atoms with Gasteiger partial charge in [-0.1, -0.05) is 30.8 Å². The normalized spacial score (nSPS) is 17.6. The summed E-state index contributed by atoms with van der Waals surface area (Å²) in [6.45, 7) is 4.24. The van der Waals surface area contributed by atoms with Gasteiger partial charge in [-0.05, 0) is 23.6 Å². The Morgan fingerprint density at radius 1 is 1.21 bits per heavy atom. The number of nitrogens with zero attached hydrogens (tertiary/aromatic N) is 2. The molecule has 0 aromatic heterocycles. The van der Waals surface area contributed by atoms with Gasteiger partial charge in [0, 0.05) is 30.5 Å². The molecule has 1 fully saturated rings. The summed E-state index contributed by atoms with van der Waals surface area (Å²) >= 11 is 0. The predicted molar refractivity (Wildman–Crippen MR) is 106 cm³/mol. The molecule has 2 amide bonds. The minimum atomic E-state index is -4.03. The lowest BCUT2D eigenvalue weighted by molar-refractivity contribution is 0.206. The number of phenols is 1. The van der Waals surface area contributed by atoms with Crippen molar-refractivity contribution in [2.24, 2.45) is 0 Å². The number of carbonyl (C=O) groups excluding carboxylic acids is 1. The molecule has 2 heterocycles. The number of hydrogen-bond donors (Lipinski definition) is 3. The van der Waals surface area contributed by atoms with Gasteiger partial charge in [0.05, 0.1) is 6.54 Å². The number of benzene rings is 2. The molecular formula is C19H19FN4O4S. The molecular weight excluding hydrogens is 399 g/mol. The van der Waals surface area contributed by atoms with Crippen LogP contribution < -0.4 is 14.3 Å². The van der Waals surface area contributed by atoms with Crippen molar-refractivity contribution in [1.29, 1.82) is 0 Å². The average Bonchev–Trinajstić information content (AvgIpc) is 2.92. The van der Waals surface area contributed by atoms with E-state index in [9.17, 15) is 22.7 Å². The van der Waals surface area contributed by atoms with E-state index in [4.69, 9.17) is 0 Å². The number of carbonyl (C=O) groups is 1. The lowest BCUT2D eigenvalue weighted by Crippen LogP contribution is -2.38. The lowest BCUT2D eigenvalue weighted by Gasteiger charge is -2.29. The highest BCUT2D eigenvalue weighted by molar-refractivity contribution is 7.91. The Morgan fingerprint density at radius 2 is 1.93 bits per heavy atom. The number of phenolic OH excluding ortho intramolecular Hbond substituents is 1. The fourth-order valence-electron chi connectivity index (χ4n) is 3.50. The molecule has 0 unspecified atom stereocenters. The van der Waals surface area contributed by atoms with Gasteiger partial charge < -0.3 is 15.3 Å². The highest BCUT2D eigenvalue weighted by atomic mass is 32.2. The first-order valence-electron chi connectivity index (χ1n) is 8.88. The topological polar surface area (TPSA) is 102 Å². The van der Waals surface area contributed by atoms with Crippen LogP contribution in [0.1, 0.15) is 11.1 Å². The fraction of sp³-hybridized carbons (Fsp3) is 0.211. The quantitative estimate of drug-likeness (QED) is 0.696. The van der Waals surface area contributed by atoms with Crippen molar-refractivity contribution in [3.05, 3.63) is 65.6 Å². The van der Waals surface area contributed by atoms with Gasteiger partial charge in [0.15, 0.2) is 5.82 Å². The van der Waals surface area contributed by atoms with E-state index >= 15 is 0 Å². The van der Waals surface area contributed by atoms with Crippen LogP contribution in [0, 0.1) is 5.82 Å². The highest BCUT2D eigenvalue weighted by Gasteiger charge is 2.34. The van der Waals surface area contributed by atoms with E-state index in [0.717, 1.165) is 17.7 Å². The molecule has 152 valence electrons. The van der Waals surface area contributed by atoms with Crippen LogP contribution in [0.4, 0.5) is 20.6 Å². The summed E-state index contributed by atoms with van der Waals surface area (Å²) in [6.07, 6.45) is 0.714. The van der Waals surface area contributed by atoms with Crippen molar-refractivity contribution in [2.75, 3.05) is 22.7 Å². The third-order valence-corrected chi connectivity index (χ3v) is 6.30. The van der Waals surface area contributed by atoms with Crippen LogP contribution in [0.5, 0.6) is 5.75 Å². The van der Waals surface area contributed by atoms with E-state index in [0.29, 0.717) is 23.8 Å². The minimum Gasteiger partial charge on any atom is -0.506 e. The fourth-order valence-corrected chi connectivity index (χ4v) is 4.79. The van der Waals surface area contributed by atoms with Gasteiger partial charge in [0.2, 0.25) is 0 Å². The van der Waals surface area contributed by atoms with E-state index in [-0.39, 0.29) is 17.9 Å². The van der Waals surface area contributed by atoms with Crippen LogP contribution in [0.2, 0.25) is 0 Å². The summed E-state index contributed by atoms with van der Waals surface area (Å²) in [5.74, 6) is -1.59. The molecule has 1 saturated heterocycles. The number of anilines is 2. The molecule has 2 aliphatic heterocycles. The second kappa shape index (κ2) is 6.96. The van der Waals surface area contributed by atoms with E-state index in [2.05, 4.69) is 16.6 Å². The van der Waals surface area contributed by atoms with Gasteiger partial charge in [-0.15, -0.1) is 0 Å². The zero-order chi connectivity index (χ0) is 20.8. The molecule has 2 aromatic carbocycles. The second-order valence-electron chi connectivity index (χ2n) is 6.91. The molecule has 8 nitrogen and oxygen atoms in total. The molecule has 2 aromatic rings. The molecule has 3 N–H and O–H groups in total. The number of fused-ring (bicyclic) bond motifs is 1. The van der Waals surface area contributed by atoms with Crippen LogP contribution in [-0.2, 0) is 23.2 Å². The third kappa shape index (κ3) is 3.58. The van der Waals surface area contributed by atoms with E-state index in [1.54, 1.807) is 4.90 Å². The molecule has 0 bridgehead atoms. The maximum atomic E-state index is 14.6. The first kappa shape index (κ1) is 19.1. The van der Waals surface area contributed by atoms with Gasteiger partial charge in [0.1, 0.15) is 11.4 Å². The molecule has 2 aliphatic rings. The standard InChI is InChI=1S/C19H19FN4O4S/c1-12-10-24(29(27,28)22-12)18-16(20)8-15(9-17(18)25)21-19(26)23-7-6-13-4-2-3-5-14(13)11-23/h2-5,8-9,22,25H,1,6-7,10-11H2,(H,21,26). The van der Waals surface area contributed by atoms with E-state index < -0.39 is 33.5 Å². The third-order valence-electron chi connectivity index (χ3n) is 4.86. The smallest absolute Gasteiger partial charge is 0.324 e. The summed E-state index contributed by atoms with van der Waals surface area (Å²) in [5.41, 5.74) is 1.92. The predicted octanol–water partition coefficient (Wildman–Crippen LogP) is 2.29. The Hall–Kier alpha value is -3.27. The average molecular weight is 418 g/mol. The molecule has 0 aliphatic carbocycles. The highest BCUT2D eigenvalue weighted by Crippen LogP contribution is 2.37. The monoisotopic (exact) mass is 418 g/mol.